The molecule has 0 radical (unpaired) electrons. The number of esters is 2. The van der Waals surface area contributed by atoms with Gasteiger partial charge in [0.15, 0.2) is 11.0 Å². The van der Waals surface area contributed by atoms with Crippen LogP contribution in [0.5, 0.6) is 5.75 Å². The van der Waals surface area contributed by atoms with Crippen molar-refractivity contribution in [3.8, 4) is 17.1 Å². The Morgan fingerprint density at radius 2 is 1.70 bits per heavy atom. The molecule has 0 saturated heterocycles. The first-order valence-corrected chi connectivity index (χ1v) is 15.3. The molecule has 0 bridgehead atoms. The molecule has 1 N–H and O–H groups in total. The molecule has 0 atom stereocenters. The Bertz CT molecular complexity index is 1350. The number of hydrogen-bond acceptors (Lipinski definition) is 10. The van der Waals surface area contributed by atoms with Gasteiger partial charge in [-0.3, -0.25) is 4.79 Å². The molecule has 1 amide bonds. The molecule has 214 valence electrons. The zero-order chi connectivity index (χ0) is 28.6. The molecular formula is C28H34N4O6S2. The fourth-order valence-corrected chi connectivity index (χ4v) is 6.42. The van der Waals surface area contributed by atoms with Crippen molar-refractivity contribution < 1.29 is 28.6 Å². The van der Waals surface area contributed by atoms with Gasteiger partial charge in [0.05, 0.1) is 30.6 Å². The number of amides is 1. The van der Waals surface area contributed by atoms with Crippen LogP contribution in [0.15, 0.2) is 29.4 Å². The smallest absolute Gasteiger partial charge is 0.348 e. The monoisotopic (exact) mass is 586 g/mol. The number of thioether (sulfide) groups is 1. The number of carbonyl (C=O) groups is 3. The van der Waals surface area contributed by atoms with Crippen LogP contribution in [0.25, 0.3) is 11.4 Å². The van der Waals surface area contributed by atoms with Crippen LogP contribution >= 0.6 is 23.1 Å². The van der Waals surface area contributed by atoms with E-state index in [4.69, 9.17) is 14.2 Å². The second-order valence-corrected chi connectivity index (χ2v) is 11.1. The topological polar surface area (TPSA) is 122 Å². The zero-order valence-electron chi connectivity index (χ0n) is 23.2. The number of aromatic nitrogens is 3. The summed E-state index contributed by atoms with van der Waals surface area (Å²) < 4.78 is 18.3. The fraction of sp³-hybridized carbons (Fsp3) is 0.464. The van der Waals surface area contributed by atoms with Crippen LogP contribution in [0.3, 0.4) is 0 Å². The van der Waals surface area contributed by atoms with E-state index in [0.717, 1.165) is 35.5 Å². The summed E-state index contributed by atoms with van der Waals surface area (Å²) in [5.41, 5.74) is 1.48. The molecule has 4 rings (SSSR count). The van der Waals surface area contributed by atoms with Crippen LogP contribution in [0, 0.1) is 6.92 Å². The van der Waals surface area contributed by atoms with E-state index >= 15 is 0 Å². The third-order valence-corrected chi connectivity index (χ3v) is 8.58. The lowest BCUT2D eigenvalue weighted by atomic mass is 10.1. The molecule has 3 aromatic rings. The van der Waals surface area contributed by atoms with Gasteiger partial charge in [-0.15, -0.1) is 21.5 Å². The lowest BCUT2D eigenvalue weighted by Gasteiger charge is -2.13. The van der Waals surface area contributed by atoms with Crippen molar-refractivity contribution >= 4 is 45.9 Å². The van der Waals surface area contributed by atoms with E-state index in [1.165, 1.54) is 24.6 Å². The number of rotatable bonds is 12. The van der Waals surface area contributed by atoms with E-state index in [1.54, 1.807) is 20.8 Å². The summed E-state index contributed by atoms with van der Waals surface area (Å²) in [7, 11) is 0. The average molecular weight is 587 g/mol. The molecule has 1 aromatic carbocycles. The minimum absolute atomic E-state index is 0.0280. The number of carbonyl (C=O) groups excluding carboxylic acids is 3. The van der Waals surface area contributed by atoms with Crippen LogP contribution < -0.4 is 10.1 Å². The van der Waals surface area contributed by atoms with Crippen molar-refractivity contribution in [1.29, 1.82) is 0 Å². The highest BCUT2D eigenvalue weighted by atomic mass is 32.2. The highest BCUT2D eigenvalue weighted by Gasteiger charge is 2.27. The third kappa shape index (κ3) is 6.84. The number of nitrogens with one attached hydrogen (secondary N) is 1. The SMILES string of the molecule is CCOC(=O)c1sc(NC(=O)CSc2nnc(-c3ccc(OC4CCCC4)cc3)n2CC)c(C(=O)OCC)c1C. The van der Waals surface area contributed by atoms with Crippen molar-refractivity contribution in [2.24, 2.45) is 0 Å². The molecule has 0 unspecified atom stereocenters. The standard InChI is InChI=1S/C28H34N4O6S2/c1-5-32-24(18-12-14-20(15-13-18)38-19-10-8-9-11-19)30-31-28(32)39-16-21(33)29-25-22(26(34)36-6-2)17(4)23(40-25)27(35)37-7-3/h12-15,19H,5-11,16H2,1-4H3,(H,29,33). The third-order valence-electron chi connectivity index (χ3n) is 6.42. The first kappa shape index (κ1) is 29.6. The van der Waals surface area contributed by atoms with E-state index < -0.39 is 11.9 Å². The van der Waals surface area contributed by atoms with Gasteiger partial charge in [-0.05, 0) is 83.2 Å². The molecule has 12 heteroatoms. The van der Waals surface area contributed by atoms with Crippen LogP contribution in [0.4, 0.5) is 5.00 Å². The van der Waals surface area contributed by atoms with Gasteiger partial charge in [0.25, 0.3) is 0 Å². The summed E-state index contributed by atoms with van der Waals surface area (Å²) in [5, 5.41) is 12.3. The summed E-state index contributed by atoms with van der Waals surface area (Å²) >= 11 is 2.24. The maximum atomic E-state index is 12.9. The molecule has 2 aromatic heterocycles. The molecular weight excluding hydrogens is 552 g/mol. The normalized spacial score (nSPS) is 13.3. The Kier molecular flexibility index (Phi) is 10.2. The summed E-state index contributed by atoms with van der Waals surface area (Å²) in [6, 6.07) is 7.85. The second-order valence-electron chi connectivity index (χ2n) is 9.14. The van der Waals surface area contributed by atoms with Crippen molar-refractivity contribution in [1.82, 2.24) is 14.8 Å². The Hall–Kier alpha value is -3.38. The maximum Gasteiger partial charge on any atom is 0.348 e. The van der Waals surface area contributed by atoms with E-state index in [-0.39, 0.29) is 40.3 Å². The molecule has 40 heavy (non-hydrogen) atoms. The van der Waals surface area contributed by atoms with Crippen molar-refractivity contribution in [3.05, 3.63) is 40.3 Å². The molecule has 2 heterocycles. The van der Waals surface area contributed by atoms with Gasteiger partial charge in [0.1, 0.15) is 15.6 Å². The van der Waals surface area contributed by atoms with Crippen molar-refractivity contribution in [2.45, 2.75) is 71.2 Å². The van der Waals surface area contributed by atoms with Crippen LogP contribution in [-0.4, -0.2) is 57.7 Å². The Balaban J connectivity index is 1.44. The summed E-state index contributed by atoms with van der Waals surface area (Å²) in [5.74, 6) is 0.0713. The van der Waals surface area contributed by atoms with Crippen molar-refractivity contribution in [2.75, 3.05) is 24.3 Å². The van der Waals surface area contributed by atoms with E-state index in [1.807, 2.05) is 35.8 Å². The van der Waals surface area contributed by atoms with Crippen molar-refractivity contribution in [3.63, 3.8) is 0 Å². The highest BCUT2D eigenvalue weighted by molar-refractivity contribution is 7.99. The van der Waals surface area contributed by atoms with Gasteiger partial charge in [0, 0.05) is 12.1 Å². The predicted octanol–water partition coefficient (Wildman–Crippen LogP) is 5.74. The molecule has 1 fully saturated rings. The number of hydrogen-bond donors (Lipinski definition) is 1. The first-order chi connectivity index (χ1) is 19.4. The van der Waals surface area contributed by atoms with Gasteiger partial charge >= 0.3 is 11.9 Å². The van der Waals surface area contributed by atoms with E-state index in [0.29, 0.717) is 29.2 Å². The summed E-state index contributed by atoms with van der Waals surface area (Å²) in [4.78, 5) is 38.2. The molecule has 0 spiro atoms. The van der Waals surface area contributed by atoms with E-state index in [2.05, 4.69) is 15.5 Å². The quantitative estimate of drug-likeness (QED) is 0.209. The Labute approximate surface area is 241 Å². The lowest BCUT2D eigenvalue weighted by Crippen LogP contribution is -2.17. The number of benzene rings is 1. The van der Waals surface area contributed by atoms with Crippen LogP contribution in [-0.2, 0) is 20.8 Å². The second kappa shape index (κ2) is 13.8. The van der Waals surface area contributed by atoms with Gasteiger partial charge < -0.3 is 24.1 Å². The van der Waals surface area contributed by atoms with Gasteiger partial charge in [-0.1, -0.05) is 11.8 Å². The molecule has 0 aliphatic heterocycles. The van der Waals surface area contributed by atoms with Crippen LogP contribution in [0.2, 0.25) is 0 Å². The highest BCUT2D eigenvalue weighted by Crippen LogP contribution is 2.35. The van der Waals surface area contributed by atoms with Gasteiger partial charge in [0.2, 0.25) is 5.91 Å². The summed E-state index contributed by atoms with van der Waals surface area (Å²) in [6.45, 7) is 8.00. The van der Waals surface area contributed by atoms with Gasteiger partial charge in [-0.2, -0.15) is 0 Å². The Morgan fingerprint density at radius 3 is 2.35 bits per heavy atom. The minimum Gasteiger partial charge on any atom is -0.490 e. The zero-order valence-corrected chi connectivity index (χ0v) is 24.8. The molecule has 1 saturated carbocycles. The lowest BCUT2D eigenvalue weighted by molar-refractivity contribution is -0.113. The fourth-order valence-electron chi connectivity index (χ4n) is 4.51. The number of nitrogens with zero attached hydrogens (tertiary/aromatic N) is 3. The van der Waals surface area contributed by atoms with Gasteiger partial charge in [-0.25, -0.2) is 9.59 Å². The number of ether oxygens (including phenoxy) is 3. The molecule has 1 aliphatic rings. The molecule has 10 nitrogen and oxygen atoms in total. The van der Waals surface area contributed by atoms with Crippen LogP contribution in [0.1, 0.15) is 72.0 Å². The predicted molar refractivity (Wildman–Crippen MR) is 154 cm³/mol. The number of thiophene rings is 1. The Morgan fingerprint density at radius 1 is 1.02 bits per heavy atom. The maximum absolute atomic E-state index is 12.9. The number of anilines is 1. The average Bonchev–Trinajstić information content (AvgIpc) is 3.67. The summed E-state index contributed by atoms with van der Waals surface area (Å²) in [6.07, 6.45) is 4.93. The first-order valence-electron chi connectivity index (χ1n) is 13.5. The largest absolute Gasteiger partial charge is 0.490 e. The molecule has 1 aliphatic carbocycles. The van der Waals surface area contributed by atoms with E-state index in [9.17, 15) is 14.4 Å². The minimum atomic E-state index is -0.607.